The molecule has 0 saturated carbocycles. The number of rotatable bonds is 4. The molecule has 1 aromatic heterocycles. The van der Waals surface area contributed by atoms with Crippen molar-refractivity contribution in [1.82, 2.24) is 19.6 Å². The van der Waals surface area contributed by atoms with Crippen LogP contribution in [-0.2, 0) is 6.18 Å². The lowest BCUT2D eigenvalue weighted by Crippen LogP contribution is -2.48. The highest BCUT2D eigenvalue weighted by Crippen LogP contribution is 2.34. The van der Waals surface area contributed by atoms with Crippen molar-refractivity contribution in [2.75, 3.05) is 39.8 Å². The molecule has 27 heavy (non-hydrogen) atoms. The van der Waals surface area contributed by atoms with Gasteiger partial charge in [-0.05, 0) is 30.8 Å². The summed E-state index contributed by atoms with van der Waals surface area (Å²) in [6, 6.07) is 6.02. The molecule has 0 radical (unpaired) electrons. The summed E-state index contributed by atoms with van der Waals surface area (Å²) in [5.74, 6) is -0.123. The minimum Gasteiger partial charge on any atom is -0.497 e. The normalized spacial score (nSPS) is 15.8. The quantitative estimate of drug-likeness (QED) is 0.816. The van der Waals surface area contributed by atoms with Crippen LogP contribution in [-0.4, -0.2) is 65.3 Å². The summed E-state index contributed by atoms with van der Waals surface area (Å²) in [6.45, 7) is 4.96. The summed E-state index contributed by atoms with van der Waals surface area (Å²) in [5.41, 5.74) is -1.28. The summed E-state index contributed by atoms with van der Waals surface area (Å²) < 4.78 is 47.0. The molecule has 1 aliphatic heterocycles. The van der Waals surface area contributed by atoms with Gasteiger partial charge in [-0.3, -0.25) is 4.79 Å². The first-order valence-corrected chi connectivity index (χ1v) is 8.66. The third-order valence-corrected chi connectivity index (χ3v) is 4.69. The summed E-state index contributed by atoms with van der Waals surface area (Å²) in [5, 5.41) is 3.85. The van der Waals surface area contributed by atoms with Crippen LogP contribution in [0.5, 0.6) is 5.75 Å². The van der Waals surface area contributed by atoms with Gasteiger partial charge in [0.05, 0.1) is 24.6 Å². The molecule has 1 aliphatic rings. The van der Waals surface area contributed by atoms with Crippen molar-refractivity contribution in [1.29, 1.82) is 0 Å². The van der Waals surface area contributed by atoms with Gasteiger partial charge >= 0.3 is 6.18 Å². The van der Waals surface area contributed by atoms with Crippen LogP contribution in [0.2, 0.25) is 0 Å². The van der Waals surface area contributed by atoms with Crippen LogP contribution in [0.1, 0.15) is 23.0 Å². The Morgan fingerprint density at radius 3 is 2.30 bits per heavy atom. The monoisotopic (exact) mass is 382 g/mol. The summed E-state index contributed by atoms with van der Waals surface area (Å²) in [7, 11) is 1.47. The van der Waals surface area contributed by atoms with E-state index in [2.05, 4.69) is 10.00 Å². The van der Waals surface area contributed by atoms with Gasteiger partial charge in [0, 0.05) is 26.2 Å². The molecule has 0 aliphatic carbocycles. The van der Waals surface area contributed by atoms with E-state index in [1.807, 2.05) is 6.92 Å². The maximum Gasteiger partial charge on any atom is 0.434 e. The van der Waals surface area contributed by atoms with Crippen molar-refractivity contribution < 1.29 is 22.7 Å². The van der Waals surface area contributed by atoms with Crippen molar-refractivity contribution in [2.24, 2.45) is 0 Å². The number of benzene rings is 1. The highest BCUT2D eigenvalue weighted by Gasteiger charge is 2.41. The molecule has 3 rings (SSSR count). The lowest BCUT2D eigenvalue weighted by molar-refractivity contribution is -0.143. The number of hydrogen-bond donors (Lipinski definition) is 0. The second-order valence-electron chi connectivity index (χ2n) is 6.24. The molecular formula is C18H21F3N4O2. The summed E-state index contributed by atoms with van der Waals surface area (Å²) in [4.78, 5) is 16.3. The molecule has 146 valence electrons. The Labute approximate surface area is 155 Å². The average Bonchev–Trinajstić information content (AvgIpc) is 3.13. The predicted octanol–water partition coefficient (Wildman–Crippen LogP) is 2.68. The predicted molar refractivity (Wildman–Crippen MR) is 93.1 cm³/mol. The zero-order chi connectivity index (χ0) is 19.6. The second kappa shape index (κ2) is 7.59. The van der Waals surface area contributed by atoms with E-state index in [-0.39, 0.29) is 5.69 Å². The number of piperazine rings is 1. The van der Waals surface area contributed by atoms with Gasteiger partial charge in [-0.15, -0.1) is 0 Å². The molecular weight excluding hydrogens is 361 g/mol. The van der Waals surface area contributed by atoms with Gasteiger partial charge in [-0.2, -0.15) is 18.3 Å². The first-order valence-electron chi connectivity index (χ1n) is 8.66. The van der Waals surface area contributed by atoms with E-state index < -0.39 is 23.3 Å². The van der Waals surface area contributed by atoms with Crippen molar-refractivity contribution in [3.63, 3.8) is 0 Å². The number of carbonyl (C=O) groups is 1. The Kier molecular flexibility index (Phi) is 5.41. The number of hydrogen-bond acceptors (Lipinski definition) is 4. The Morgan fingerprint density at radius 1 is 1.15 bits per heavy atom. The SMILES string of the molecule is CCN1CCN(C(=O)c2cnn(-c3ccc(OC)cc3)c2C(F)(F)F)CC1. The first kappa shape index (κ1) is 19.2. The molecule has 1 fully saturated rings. The third kappa shape index (κ3) is 3.92. The first-order chi connectivity index (χ1) is 12.8. The zero-order valence-corrected chi connectivity index (χ0v) is 15.2. The Hall–Kier alpha value is -2.55. The van der Waals surface area contributed by atoms with Crippen LogP contribution in [0.4, 0.5) is 13.2 Å². The van der Waals surface area contributed by atoms with Gasteiger partial charge in [0.15, 0.2) is 5.69 Å². The van der Waals surface area contributed by atoms with E-state index in [4.69, 9.17) is 4.74 Å². The number of methoxy groups -OCH3 is 1. The number of halogens is 3. The number of alkyl halides is 3. The van der Waals surface area contributed by atoms with Crippen LogP contribution in [0, 0.1) is 0 Å². The van der Waals surface area contributed by atoms with Gasteiger partial charge in [0.25, 0.3) is 5.91 Å². The van der Waals surface area contributed by atoms with Crippen LogP contribution in [0.25, 0.3) is 5.69 Å². The van der Waals surface area contributed by atoms with E-state index in [1.165, 1.54) is 24.1 Å². The number of aromatic nitrogens is 2. The second-order valence-corrected chi connectivity index (χ2v) is 6.24. The molecule has 0 unspecified atom stereocenters. The van der Waals surface area contributed by atoms with Crippen molar-refractivity contribution in [3.05, 3.63) is 41.7 Å². The number of amides is 1. The minimum atomic E-state index is -4.72. The molecule has 0 bridgehead atoms. The van der Waals surface area contributed by atoms with Gasteiger partial charge in [-0.25, -0.2) is 4.68 Å². The number of carbonyl (C=O) groups excluding carboxylic acids is 1. The molecule has 0 N–H and O–H groups in total. The van der Waals surface area contributed by atoms with Gasteiger partial charge in [0.1, 0.15) is 5.75 Å². The van der Waals surface area contributed by atoms with E-state index in [1.54, 1.807) is 12.1 Å². The van der Waals surface area contributed by atoms with Crippen molar-refractivity contribution >= 4 is 5.91 Å². The van der Waals surface area contributed by atoms with Crippen molar-refractivity contribution in [2.45, 2.75) is 13.1 Å². The summed E-state index contributed by atoms with van der Waals surface area (Å²) in [6.07, 6.45) is -3.71. The number of ether oxygens (including phenoxy) is 1. The van der Waals surface area contributed by atoms with Crippen molar-refractivity contribution in [3.8, 4) is 11.4 Å². The fraction of sp³-hybridized carbons (Fsp3) is 0.444. The van der Waals surface area contributed by atoms with E-state index in [0.717, 1.165) is 17.4 Å². The molecule has 0 atom stereocenters. The van der Waals surface area contributed by atoms with Gasteiger partial charge in [-0.1, -0.05) is 6.92 Å². The van der Waals surface area contributed by atoms with Crippen LogP contribution in [0.3, 0.4) is 0 Å². The molecule has 1 amide bonds. The molecule has 2 aromatic rings. The smallest absolute Gasteiger partial charge is 0.434 e. The largest absolute Gasteiger partial charge is 0.497 e. The van der Waals surface area contributed by atoms with Crippen LogP contribution >= 0.6 is 0 Å². The zero-order valence-electron chi connectivity index (χ0n) is 15.2. The van der Waals surface area contributed by atoms with Gasteiger partial charge < -0.3 is 14.5 Å². The summed E-state index contributed by atoms with van der Waals surface area (Å²) >= 11 is 0. The average molecular weight is 382 g/mol. The maximum absolute atomic E-state index is 13.8. The maximum atomic E-state index is 13.8. The Morgan fingerprint density at radius 2 is 1.78 bits per heavy atom. The minimum absolute atomic E-state index is 0.206. The molecule has 0 spiro atoms. The van der Waals surface area contributed by atoms with Crippen LogP contribution in [0.15, 0.2) is 30.5 Å². The third-order valence-electron chi connectivity index (χ3n) is 4.69. The molecule has 1 aromatic carbocycles. The molecule has 6 nitrogen and oxygen atoms in total. The van der Waals surface area contributed by atoms with E-state index in [9.17, 15) is 18.0 Å². The standard InChI is InChI=1S/C18H21F3N4O2/c1-3-23-8-10-24(11-9-23)17(26)15-12-22-25(16(15)18(19,20)21)13-4-6-14(27-2)7-5-13/h4-7,12H,3,8-11H2,1-2H3. The van der Waals surface area contributed by atoms with E-state index in [0.29, 0.717) is 31.9 Å². The number of likely N-dealkylation sites (N-methyl/N-ethyl adjacent to an activating group) is 1. The highest BCUT2D eigenvalue weighted by atomic mass is 19.4. The lowest BCUT2D eigenvalue weighted by Gasteiger charge is -2.34. The lowest BCUT2D eigenvalue weighted by atomic mass is 10.2. The number of nitrogens with zero attached hydrogens (tertiary/aromatic N) is 4. The van der Waals surface area contributed by atoms with Gasteiger partial charge in [0.2, 0.25) is 0 Å². The fourth-order valence-corrected chi connectivity index (χ4v) is 3.13. The fourth-order valence-electron chi connectivity index (χ4n) is 3.13. The highest BCUT2D eigenvalue weighted by molar-refractivity contribution is 5.95. The molecule has 1 saturated heterocycles. The Balaban J connectivity index is 1.94. The Bertz CT molecular complexity index is 794. The van der Waals surface area contributed by atoms with E-state index >= 15 is 0 Å². The van der Waals surface area contributed by atoms with Crippen LogP contribution < -0.4 is 4.74 Å². The molecule has 9 heteroatoms. The molecule has 2 heterocycles. The topological polar surface area (TPSA) is 50.6 Å².